The zero-order valence-corrected chi connectivity index (χ0v) is 11.5. The molecule has 0 aromatic heterocycles. The molecule has 94 valence electrons. The highest BCUT2D eigenvalue weighted by molar-refractivity contribution is 6.30. The molecule has 0 heterocycles. The van der Waals surface area contributed by atoms with Gasteiger partial charge in [0.25, 0.3) is 0 Å². The summed E-state index contributed by atoms with van der Waals surface area (Å²) in [4.78, 5) is 0. The van der Waals surface area contributed by atoms with Gasteiger partial charge in [0, 0.05) is 10.7 Å². The Morgan fingerprint density at radius 2 is 1.83 bits per heavy atom. The quantitative estimate of drug-likeness (QED) is 0.795. The van der Waals surface area contributed by atoms with Gasteiger partial charge in [-0.25, -0.2) is 0 Å². The zero-order chi connectivity index (χ0) is 13.0. The fourth-order valence-corrected chi connectivity index (χ4v) is 2.22. The number of benzene rings is 2. The van der Waals surface area contributed by atoms with Crippen molar-refractivity contribution in [3.63, 3.8) is 0 Å². The van der Waals surface area contributed by atoms with Crippen LogP contribution in [0.1, 0.15) is 30.5 Å². The SMILES string of the molecule is CCC(Nc1cc(Cl)ccc1C)c1ccccc1. The molecule has 0 bridgehead atoms. The normalized spacial score (nSPS) is 12.2. The van der Waals surface area contributed by atoms with Crippen LogP contribution >= 0.6 is 11.6 Å². The van der Waals surface area contributed by atoms with E-state index in [-0.39, 0.29) is 0 Å². The number of nitrogens with one attached hydrogen (secondary N) is 1. The van der Waals surface area contributed by atoms with Gasteiger partial charge >= 0.3 is 0 Å². The molecule has 2 rings (SSSR count). The predicted octanol–water partition coefficient (Wildman–Crippen LogP) is 5.21. The average molecular weight is 260 g/mol. The molecular formula is C16H18ClN. The van der Waals surface area contributed by atoms with Gasteiger partial charge in [-0.3, -0.25) is 0 Å². The highest BCUT2D eigenvalue weighted by Crippen LogP contribution is 2.26. The van der Waals surface area contributed by atoms with Crippen molar-refractivity contribution >= 4 is 17.3 Å². The monoisotopic (exact) mass is 259 g/mol. The van der Waals surface area contributed by atoms with E-state index in [1.807, 2.05) is 24.3 Å². The van der Waals surface area contributed by atoms with Crippen molar-refractivity contribution in [1.82, 2.24) is 0 Å². The average Bonchev–Trinajstić information content (AvgIpc) is 2.41. The fourth-order valence-electron chi connectivity index (χ4n) is 2.04. The van der Waals surface area contributed by atoms with E-state index in [1.165, 1.54) is 11.1 Å². The standard InChI is InChI=1S/C16H18ClN/c1-3-15(13-7-5-4-6-8-13)18-16-11-14(17)10-9-12(16)2/h4-11,15,18H,3H2,1-2H3. The van der Waals surface area contributed by atoms with Gasteiger partial charge in [-0.05, 0) is 36.6 Å². The number of hydrogen-bond donors (Lipinski definition) is 1. The maximum absolute atomic E-state index is 6.05. The number of rotatable bonds is 4. The predicted molar refractivity (Wildman–Crippen MR) is 79.3 cm³/mol. The van der Waals surface area contributed by atoms with Crippen molar-refractivity contribution in [2.24, 2.45) is 0 Å². The molecule has 2 aromatic carbocycles. The van der Waals surface area contributed by atoms with Gasteiger partial charge in [-0.2, -0.15) is 0 Å². The van der Waals surface area contributed by atoms with Gasteiger partial charge in [0.15, 0.2) is 0 Å². The molecule has 0 saturated carbocycles. The summed E-state index contributed by atoms with van der Waals surface area (Å²) < 4.78 is 0. The Kier molecular flexibility index (Phi) is 4.27. The number of halogens is 1. The zero-order valence-electron chi connectivity index (χ0n) is 10.8. The van der Waals surface area contributed by atoms with Crippen LogP contribution in [0.25, 0.3) is 0 Å². The Balaban J connectivity index is 2.23. The Bertz CT molecular complexity index is 508. The lowest BCUT2D eigenvalue weighted by Crippen LogP contribution is -2.10. The first-order valence-corrected chi connectivity index (χ1v) is 6.66. The van der Waals surface area contributed by atoms with Crippen LogP contribution in [0.2, 0.25) is 5.02 Å². The van der Waals surface area contributed by atoms with Crippen LogP contribution in [0.5, 0.6) is 0 Å². The summed E-state index contributed by atoms with van der Waals surface area (Å²) in [6.45, 7) is 4.28. The highest BCUT2D eigenvalue weighted by atomic mass is 35.5. The molecule has 1 nitrogen and oxygen atoms in total. The summed E-state index contributed by atoms with van der Waals surface area (Å²) in [6.07, 6.45) is 1.04. The van der Waals surface area contributed by atoms with Crippen LogP contribution in [-0.4, -0.2) is 0 Å². The van der Waals surface area contributed by atoms with E-state index in [4.69, 9.17) is 11.6 Å². The molecule has 1 unspecified atom stereocenters. The fraction of sp³-hybridized carbons (Fsp3) is 0.250. The first-order chi connectivity index (χ1) is 8.70. The second-order valence-corrected chi connectivity index (χ2v) is 4.91. The minimum absolute atomic E-state index is 0.323. The van der Waals surface area contributed by atoms with E-state index >= 15 is 0 Å². The molecule has 0 radical (unpaired) electrons. The molecule has 1 N–H and O–H groups in total. The van der Waals surface area contributed by atoms with E-state index in [0.717, 1.165) is 17.1 Å². The van der Waals surface area contributed by atoms with Crippen molar-refractivity contribution in [2.45, 2.75) is 26.3 Å². The Hall–Kier alpha value is -1.47. The highest BCUT2D eigenvalue weighted by Gasteiger charge is 2.09. The Labute approximate surface area is 114 Å². The smallest absolute Gasteiger partial charge is 0.0511 e. The maximum atomic E-state index is 6.05. The molecule has 18 heavy (non-hydrogen) atoms. The van der Waals surface area contributed by atoms with E-state index in [1.54, 1.807) is 0 Å². The number of anilines is 1. The van der Waals surface area contributed by atoms with E-state index in [0.29, 0.717) is 6.04 Å². The molecule has 0 amide bonds. The van der Waals surface area contributed by atoms with Gasteiger partial charge in [0.2, 0.25) is 0 Å². The lowest BCUT2D eigenvalue weighted by atomic mass is 10.0. The van der Waals surface area contributed by atoms with Gasteiger partial charge in [-0.15, -0.1) is 0 Å². The Morgan fingerprint density at radius 1 is 1.11 bits per heavy atom. The summed E-state index contributed by atoms with van der Waals surface area (Å²) in [5, 5.41) is 4.34. The van der Waals surface area contributed by atoms with Crippen molar-refractivity contribution in [1.29, 1.82) is 0 Å². The molecule has 0 spiro atoms. The van der Waals surface area contributed by atoms with Crippen molar-refractivity contribution in [3.8, 4) is 0 Å². The maximum Gasteiger partial charge on any atom is 0.0511 e. The molecule has 0 fully saturated rings. The third-order valence-electron chi connectivity index (χ3n) is 3.14. The first-order valence-electron chi connectivity index (χ1n) is 6.28. The van der Waals surface area contributed by atoms with Crippen LogP contribution in [0.3, 0.4) is 0 Å². The van der Waals surface area contributed by atoms with E-state index in [2.05, 4.69) is 43.4 Å². The molecule has 0 saturated heterocycles. The first kappa shape index (κ1) is 13.0. The van der Waals surface area contributed by atoms with Crippen LogP contribution in [0, 0.1) is 6.92 Å². The third kappa shape index (κ3) is 3.05. The molecule has 0 aliphatic carbocycles. The van der Waals surface area contributed by atoms with Crippen LogP contribution < -0.4 is 5.32 Å². The summed E-state index contributed by atoms with van der Waals surface area (Å²) >= 11 is 6.05. The van der Waals surface area contributed by atoms with Gasteiger partial charge in [-0.1, -0.05) is 54.9 Å². The topological polar surface area (TPSA) is 12.0 Å². The van der Waals surface area contributed by atoms with Crippen LogP contribution in [0.4, 0.5) is 5.69 Å². The van der Waals surface area contributed by atoms with Crippen LogP contribution in [0.15, 0.2) is 48.5 Å². The minimum atomic E-state index is 0.323. The molecular weight excluding hydrogens is 242 g/mol. The lowest BCUT2D eigenvalue weighted by Gasteiger charge is -2.20. The summed E-state index contributed by atoms with van der Waals surface area (Å²) in [5.41, 5.74) is 3.63. The molecule has 2 heteroatoms. The molecule has 1 atom stereocenters. The second-order valence-electron chi connectivity index (χ2n) is 4.48. The summed E-state index contributed by atoms with van der Waals surface area (Å²) in [5.74, 6) is 0. The van der Waals surface area contributed by atoms with E-state index < -0.39 is 0 Å². The van der Waals surface area contributed by atoms with Gasteiger partial charge in [0.1, 0.15) is 0 Å². The van der Waals surface area contributed by atoms with Gasteiger partial charge in [0.05, 0.1) is 6.04 Å². The van der Waals surface area contributed by atoms with Crippen LogP contribution in [-0.2, 0) is 0 Å². The largest absolute Gasteiger partial charge is 0.378 e. The number of hydrogen-bond acceptors (Lipinski definition) is 1. The Morgan fingerprint density at radius 3 is 2.50 bits per heavy atom. The minimum Gasteiger partial charge on any atom is -0.378 e. The third-order valence-corrected chi connectivity index (χ3v) is 3.37. The van der Waals surface area contributed by atoms with Crippen molar-refractivity contribution in [3.05, 3.63) is 64.7 Å². The van der Waals surface area contributed by atoms with Crippen molar-refractivity contribution < 1.29 is 0 Å². The van der Waals surface area contributed by atoms with Crippen molar-refractivity contribution in [2.75, 3.05) is 5.32 Å². The lowest BCUT2D eigenvalue weighted by molar-refractivity contribution is 0.748. The second kappa shape index (κ2) is 5.92. The van der Waals surface area contributed by atoms with Gasteiger partial charge < -0.3 is 5.32 Å². The molecule has 0 aliphatic rings. The number of aryl methyl sites for hydroxylation is 1. The molecule has 0 aliphatic heterocycles. The summed E-state index contributed by atoms with van der Waals surface area (Å²) in [6, 6.07) is 16.8. The summed E-state index contributed by atoms with van der Waals surface area (Å²) in [7, 11) is 0. The van der Waals surface area contributed by atoms with E-state index in [9.17, 15) is 0 Å². The molecule has 2 aromatic rings.